The second kappa shape index (κ2) is 5.05. The van der Waals surface area contributed by atoms with Gasteiger partial charge in [0.05, 0.1) is 0 Å². The molecule has 0 aromatic carbocycles. The highest BCUT2D eigenvalue weighted by Crippen LogP contribution is 2.56. The summed E-state index contributed by atoms with van der Waals surface area (Å²) in [4.78, 5) is 0. The first kappa shape index (κ1) is 12.4. The zero-order valence-corrected chi connectivity index (χ0v) is 10.4. The van der Waals surface area contributed by atoms with Crippen LogP contribution in [-0.4, -0.2) is 23.4 Å². The molecule has 2 rings (SSSR count). The van der Waals surface area contributed by atoms with Crippen molar-refractivity contribution in [3.63, 3.8) is 0 Å². The molecular formula is C14H26O2. The van der Waals surface area contributed by atoms with Crippen molar-refractivity contribution in [3.05, 3.63) is 0 Å². The van der Waals surface area contributed by atoms with E-state index in [1.807, 2.05) is 0 Å². The smallest absolute Gasteiger partial charge is 0.0493 e. The molecule has 0 amide bonds. The summed E-state index contributed by atoms with van der Waals surface area (Å²) < 4.78 is 0. The second-order valence-electron chi connectivity index (χ2n) is 6.00. The number of hydrogen-bond acceptors (Lipinski definition) is 2. The molecule has 0 saturated heterocycles. The van der Waals surface area contributed by atoms with Crippen molar-refractivity contribution in [1.82, 2.24) is 0 Å². The summed E-state index contributed by atoms with van der Waals surface area (Å²) >= 11 is 0. The minimum atomic E-state index is 0.0421. The monoisotopic (exact) mass is 226 g/mol. The minimum Gasteiger partial charge on any atom is -0.396 e. The van der Waals surface area contributed by atoms with E-state index in [1.165, 1.54) is 38.5 Å². The fraction of sp³-hybridized carbons (Fsp3) is 1.00. The van der Waals surface area contributed by atoms with E-state index >= 15 is 0 Å². The van der Waals surface area contributed by atoms with E-state index in [9.17, 15) is 10.2 Å². The molecule has 2 nitrogen and oxygen atoms in total. The van der Waals surface area contributed by atoms with E-state index in [0.29, 0.717) is 0 Å². The van der Waals surface area contributed by atoms with Gasteiger partial charge in [-0.15, -0.1) is 0 Å². The van der Waals surface area contributed by atoms with Gasteiger partial charge in [0.25, 0.3) is 0 Å². The Morgan fingerprint density at radius 2 is 0.875 bits per heavy atom. The third-order valence-electron chi connectivity index (χ3n) is 5.35. The Morgan fingerprint density at radius 3 is 1.12 bits per heavy atom. The fourth-order valence-corrected chi connectivity index (χ4v) is 4.17. The van der Waals surface area contributed by atoms with Crippen LogP contribution in [-0.2, 0) is 0 Å². The lowest BCUT2D eigenvalue weighted by Crippen LogP contribution is -2.49. The van der Waals surface area contributed by atoms with Crippen LogP contribution in [0.3, 0.4) is 0 Å². The number of aliphatic hydroxyl groups is 2. The molecule has 2 aliphatic rings. The Bertz CT molecular complexity index is 189. The van der Waals surface area contributed by atoms with Crippen molar-refractivity contribution in [2.24, 2.45) is 10.8 Å². The largest absolute Gasteiger partial charge is 0.396 e. The summed E-state index contributed by atoms with van der Waals surface area (Å²) in [7, 11) is 0. The summed E-state index contributed by atoms with van der Waals surface area (Å²) in [5, 5.41) is 19.8. The molecule has 0 aromatic rings. The van der Waals surface area contributed by atoms with E-state index in [2.05, 4.69) is 0 Å². The highest BCUT2D eigenvalue weighted by Gasteiger charge is 2.50. The van der Waals surface area contributed by atoms with Gasteiger partial charge in [-0.1, -0.05) is 38.5 Å². The van der Waals surface area contributed by atoms with E-state index in [-0.39, 0.29) is 24.0 Å². The molecule has 2 aliphatic carbocycles. The Kier molecular flexibility index (Phi) is 3.91. The van der Waals surface area contributed by atoms with Crippen LogP contribution >= 0.6 is 0 Å². The van der Waals surface area contributed by atoms with Gasteiger partial charge in [-0.05, 0) is 25.7 Å². The first-order valence-corrected chi connectivity index (χ1v) is 7.00. The molecule has 2 saturated carbocycles. The van der Waals surface area contributed by atoms with E-state index in [4.69, 9.17) is 0 Å². The Balaban J connectivity index is 2.21. The SMILES string of the molecule is OCC1(C2(CO)CCCCC2)CCCCC1. The van der Waals surface area contributed by atoms with Crippen molar-refractivity contribution in [3.8, 4) is 0 Å². The van der Waals surface area contributed by atoms with E-state index in [1.54, 1.807) is 0 Å². The molecule has 0 radical (unpaired) electrons. The molecule has 0 heterocycles. The van der Waals surface area contributed by atoms with Gasteiger partial charge in [0.2, 0.25) is 0 Å². The maximum absolute atomic E-state index is 9.88. The topological polar surface area (TPSA) is 40.5 Å². The van der Waals surface area contributed by atoms with Gasteiger partial charge in [-0.25, -0.2) is 0 Å². The van der Waals surface area contributed by atoms with Gasteiger partial charge in [-0.2, -0.15) is 0 Å². The Morgan fingerprint density at radius 1 is 0.562 bits per heavy atom. The maximum atomic E-state index is 9.88. The quantitative estimate of drug-likeness (QED) is 0.777. The van der Waals surface area contributed by atoms with Crippen molar-refractivity contribution in [2.45, 2.75) is 64.2 Å². The van der Waals surface area contributed by atoms with Gasteiger partial charge in [0, 0.05) is 24.0 Å². The van der Waals surface area contributed by atoms with E-state index in [0.717, 1.165) is 25.7 Å². The second-order valence-corrected chi connectivity index (χ2v) is 6.00. The summed E-state index contributed by atoms with van der Waals surface area (Å²) in [6.45, 7) is 0.571. The molecule has 0 atom stereocenters. The first-order chi connectivity index (χ1) is 7.79. The van der Waals surface area contributed by atoms with Crippen LogP contribution in [0.25, 0.3) is 0 Å². The van der Waals surface area contributed by atoms with Gasteiger partial charge >= 0.3 is 0 Å². The molecule has 2 N–H and O–H groups in total. The van der Waals surface area contributed by atoms with Crippen molar-refractivity contribution >= 4 is 0 Å². The number of aliphatic hydroxyl groups excluding tert-OH is 2. The third kappa shape index (κ3) is 1.91. The standard InChI is InChI=1S/C14H26O2/c15-11-13(7-3-1-4-8-13)14(12-16)9-5-2-6-10-14/h15-16H,1-12H2. The van der Waals surface area contributed by atoms with Crippen LogP contribution in [0.15, 0.2) is 0 Å². The highest BCUT2D eigenvalue weighted by molar-refractivity contribution is 5.00. The van der Waals surface area contributed by atoms with Gasteiger partial charge in [0.15, 0.2) is 0 Å². The average Bonchev–Trinajstić information content (AvgIpc) is 2.40. The molecule has 0 unspecified atom stereocenters. The predicted molar refractivity (Wildman–Crippen MR) is 65.2 cm³/mol. The van der Waals surface area contributed by atoms with E-state index < -0.39 is 0 Å². The Labute approximate surface area is 99.1 Å². The first-order valence-electron chi connectivity index (χ1n) is 7.00. The average molecular weight is 226 g/mol. The van der Waals surface area contributed by atoms with Crippen LogP contribution in [0.5, 0.6) is 0 Å². The summed E-state index contributed by atoms with van der Waals surface area (Å²) in [5.74, 6) is 0. The molecule has 0 spiro atoms. The van der Waals surface area contributed by atoms with Gasteiger partial charge in [-0.3, -0.25) is 0 Å². The van der Waals surface area contributed by atoms with Crippen LogP contribution in [0, 0.1) is 10.8 Å². The van der Waals surface area contributed by atoms with Crippen molar-refractivity contribution < 1.29 is 10.2 Å². The molecule has 0 aromatic heterocycles. The minimum absolute atomic E-state index is 0.0421. The van der Waals surface area contributed by atoms with Crippen LogP contribution in [0.2, 0.25) is 0 Å². The lowest BCUT2D eigenvalue weighted by Gasteiger charge is -2.53. The number of hydrogen-bond donors (Lipinski definition) is 2. The van der Waals surface area contributed by atoms with Crippen molar-refractivity contribution in [1.29, 1.82) is 0 Å². The fourth-order valence-electron chi connectivity index (χ4n) is 4.17. The lowest BCUT2D eigenvalue weighted by atomic mass is 9.53. The third-order valence-corrected chi connectivity index (χ3v) is 5.35. The van der Waals surface area contributed by atoms with Gasteiger partial charge in [0.1, 0.15) is 0 Å². The summed E-state index contributed by atoms with van der Waals surface area (Å²) in [6, 6.07) is 0. The summed E-state index contributed by atoms with van der Waals surface area (Å²) in [6.07, 6.45) is 12.1. The van der Waals surface area contributed by atoms with Crippen molar-refractivity contribution in [2.75, 3.05) is 13.2 Å². The zero-order valence-electron chi connectivity index (χ0n) is 10.4. The molecular weight excluding hydrogens is 200 g/mol. The van der Waals surface area contributed by atoms with Crippen LogP contribution in [0.1, 0.15) is 64.2 Å². The normalized spacial score (nSPS) is 28.9. The molecule has 2 heteroatoms. The highest BCUT2D eigenvalue weighted by atomic mass is 16.3. The number of rotatable bonds is 3. The van der Waals surface area contributed by atoms with Crippen LogP contribution in [0.4, 0.5) is 0 Å². The molecule has 94 valence electrons. The lowest BCUT2D eigenvalue weighted by molar-refractivity contribution is -0.100. The summed E-state index contributed by atoms with van der Waals surface area (Å²) in [5.41, 5.74) is 0.0842. The van der Waals surface area contributed by atoms with Gasteiger partial charge < -0.3 is 10.2 Å². The molecule has 2 fully saturated rings. The molecule has 16 heavy (non-hydrogen) atoms. The molecule has 0 bridgehead atoms. The molecule has 0 aliphatic heterocycles. The zero-order chi connectivity index (χ0) is 11.5. The maximum Gasteiger partial charge on any atom is 0.0493 e. The predicted octanol–water partition coefficient (Wildman–Crippen LogP) is 2.87. The van der Waals surface area contributed by atoms with Crippen LogP contribution < -0.4 is 0 Å². The Hall–Kier alpha value is -0.0800.